The number of piperidine rings is 1. The molecule has 116 valence electrons. The average molecular weight is 296 g/mol. The first-order chi connectivity index (χ1) is 9.24. The molecule has 20 heavy (non-hydrogen) atoms. The van der Waals surface area contributed by atoms with Crippen molar-refractivity contribution in [1.82, 2.24) is 9.80 Å². The number of carbonyl (C=O) groups excluding carboxylic acids is 1. The molecule has 1 saturated heterocycles. The molecule has 0 unspecified atom stereocenters. The Kier molecular flexibility index (Phi) is 5.64. The van der Waals surface area contributed by atoms with Crippen LogP contribution in [0.2, 0.25) is 0 Å². The summed E-state index contributed by atoms with van der Waals surface area (Å²) in [6.07, 6.45) is -3.09. The van der Waals surface area contributed by atoms with Crippen molar-refractivity contribution in [2.75, 3.05) is 26.2 Å². The van der Waals surface area contributed by atoms with Crippen LogP contribution in [0.15, 0.2) is 0 Å². The van der Waals surface area contributed by atoms with Crippen molar-refractivity contribution in [1.29, 1.82) is 0 Å². The number of alkyl halides is 3. The lowest BCUT2D eigenvalue weighted by atomic mass is 9.98. The Labute approximate surface area is 115 Å². The van der Waals surface area contributed by atoms with Gasteiger partial charge in [-0.25, -0.2) is 4.79 Å². The Morgan fingerprint density at radius 3 is 2.55 bits per heavy atom. The number of halogens is 3. The molecule has 1 aliphatic rings. The predicted molar refractivity (Wildman–Crippen MR) is 65.2 cm³/mol. The molecular weight excluding hydrogens is 277 g/mol. The molecule has 0 aromatic carbocycles. The highest BCUT2D eigenvalue weighted by Crippen LogP contribution is 2.21. The van der Waals surface area contributed by atoms with Gasteiger partial charge in [0.1, 0.15) is 6.54 Å². The molecule has 1 aliphatic heterocycles. The van der Waals surface area contributed by atoms with Gasteiger partial charge in [0.05, 0.1) is 5.92 Å². The highest BCUT2D eigenvalue weighted by Gasteiger charge is 2.36. The summed E-state index contributed by atoms with van der Waals surface area (Å²) in [6.45, 7) is 0.681. The minimum atomic E-state index is -4.45. The number of carboxylic acid groups (broad SMARTS) is 1. The molecule has 0 bridgehead atoms. The van der Waals surface area contributed by atoms with Crippen LogP contribution in [0.3, 0.4) is 0 Å². The van der Waals surface area contributed by atoms with E-state index < -0.39 is 30.6 Å². The lowest BCUT2D eigenvalue weighted by Gasteiger charge is -2.35. The van der Waals surface area contributed by atoms with E-state index in [9.17, 15) is 22.8 Å². The number of aliphatic carboxylic acids is 1. The highest BCUT2D eigenvalue weighted by atomic mass is 19.4. The van der Waals surface area contributed by atoms with Crippen LogP contribution >= 0.6 is 0 Å². The maximum Gasteiger partial charge on any atom is 0.406 e. The topological polar surface area (TPSA) is 60.9 Å². The molecule has 1 heterocycles. The first-order valence-electron chi connectivity index (χ1n) is 6.58. The fourth-order valence-electron chi connectivity index (χ4n) is 2.28. The summed E-state index contributed by atoms with van der Waals surface area (Å²) in [5.41, 5.74) is 0. The second-order valence-electron chi connectivity index (χ2n) is 4.94. The summed E-state index contributed by atoms with van der Waals surface area (Å²) < 4.78 is 37.4. The van der Waals surface area contributed by atoms with Gasteiger partial charge in [-0.1, -0.05) is 6.92 Å². The summed E-state index contributed by atoms with van der Waals surface area (Å²) in [4.78, 5) is 25.0. The third-order valence-electron chi connectivity index (χ3n) is 3.18. The van der Waals surface area contributed by atoms with Gasteiger partial charge in [0.15, 0.2) is 0 Å². The summed E-state index contributed by atoms with van der Waals surface area (Å²) in [5, 5.41) is 8.93. The molecule has 1 N–H and O–H groups in total. The minimum absolute atomic E-state index is 0.00653. The van der Waals surface area contributed by atoms with Crippen LogP contribution in [0.4, 0.5) is 18.0 Å². The number of rotatable bonds is 4. The monoisotopic (exact) mass is 296 g/mol. The second-order valence-corrected chi connectivity index (χ2v) is 4.94. The van der Waals surface area contributed by atoms with Gasteiger partial charge in [-0.05, 0) is 19.3 Å². The van der Waals surface area contributed by atoms with Gasteiger partial charge >= 0.3 is 18.2 Å². The molecule has 1 atom stereocenters. The van der Waals surface area contributed by atoms with Crippen LogP contribution in [0.5, 0.6) is 0 Å². The van der Waals surface area contributed by atoms with Gasteiger partial charge in [0.2, 0.25) is 0 Å². The molecule has 0 spiro atoms. The van der Waals surface area contributed by atoms with E-state index in [0.717, 1.165) is 4.90 Å². The van der Waals surface area contributed by atoms with Gasteiger partial charge in [0, 0.05) is 19.6 Å². The third kappa shape index (κ3) is 4.90. The Hall–Kier alpha value is -1.47. The zero-order valence-electron chi connectivity index (χ0n) is 11.3. The smallest absolute Gasteiger partial charge is 0.406 e. The van der Waals surface area contributed by atoms with Crippen LogP contribution in [-0.4, -0.2) is 59.3 Å². The molecule has 1 fully saturated rings. The van der Waals surface area contributed by atoms with Crippen LogP contribution in [0.25, 0.3) is 0 Å². The molecule has 0 aromatic heterocycles. The van der Waals surface area contributed by atoms with Crippen molar-refractivity contribution < 1.29 is 27.9 Å². The van der Waals surface area contributed by atoms with Gasteiger partial charge < -0.3 is 14.9 Å². The Morgan fingerprint density at radius 2 is 2.05 bits per heavy atom. The lowest BCUT2D eigenvalue weighted by molar-refractivity contribution is -0.145. The van der Waals surface area contributed by atoms with E-state index in [2.05, 4.69) is 0 Å². The van der Waals surface area contributed by atoms with Crippen LogP contribution in [-0.2, 0) is 4.79 Å². The van der Waals surface area contributed by atoms with E-state index in [0.29, 0.717) is 25.8 Å². The van der Waals surface area contributed by atoms with E-state index in [-0.39, 0.29) is 13.1 Å². The molecule has 5 nitrogen and oxygen atoms in total. The second kappa shape index (κ2) is 6.81. The molecule has 0 saturated carbocycles. The molecule has 0 radical (unpaired) electrons. The van der Waals surface area contributed by atoms with Crippen molar-refractivity contribution in [2.24, 2.45) is 5.92 Å². The van der Waals surface area contributed by atoms with Crippen molar-refractivity contribution in [3.8, 4) is 0 Å². The Morgan fingerprint density at radius 1 is 1.40 bits per heavy atom. The normalized spacial score (nSPS) is 19.8. The quantitative estimate of drug-likeness (QED) is 0.865. The molecule has 8 heteroatoms. The fraction of sp³-hybridized carbons (Fsp3) is 0.833. The SMILES string of the molecule is CCCN(CC(F)(F)F)C(=O)N1CCC[C@@H](C(=O)O)C1. The standard InChI is InChI=1S/C12H19F3N2O3/c1-2-5-17(8-12(13,14)15)11(20)16-6-3-4-9(7-16)10(18)19/h9H,2-8H2,1H3,(H,18,19)/t9-/m1/s1. The summed E-state index contributed by atoms with van der Waals surface area (Å²) in [5.74, 6) is -1.71. The number of carboxylic acids is 1. The predicted octanol–water partition coefficient (Wildman–Crippen LogP) is 2.18. The van der Waals surface area contributed by atoms with Gasteiger partial charge in [0.25, 0.3) is 0 Å². The lowest BCUT2D eigenvalue weighted by Crippen LogP contribution is -2.51. The van der Waals surface area contributed by atoms with E-state index in [1.165, 1.54) is 4.90 Å². The molecular formula is C12H19F3N2O3. The van der Waals surface area contributed by atoms with E-state index >= 15 is 0 Å². The minimum Gasteiger partial charge on any atom is -0.481 e. The number of carbonyl (C=O) groups is 2. The first-order valence-corrected chi connectivity index (χ1v) is 6.58. The van der Waals surface area contributed by atoms with E-state index in [4.69, 9.17) is 5.11 Å². The average Bonchev–Trinajstić information content (AvgIpc) is 2.36. The van der Waals surface area contributed by atoms with Crippen molar-refractivity contribution in [2.45, 2.75) is 32.4 Å². The molecule has 0 aromatic rings. The van der Waals surface area contributed by atoms with Crippen molar-refractivity contribution >= 4 is 12.0 Å². The van der Waals surface area contributed by atoms with E-state index in [1.807, 2.05) is 0 Å². The molecule has 1 rings (SSSR count). The Bertz CT molecular complexity index is 360. The Balaban J connectivity index is 2.70. The number of urea groups is 1. The fourth-order valence-corrected chi connectivity index (χ4v) is 2.28. The number of likely N-dealkylation sites (tertiary alicyclic amines) is 1. The number of amides is 2. The maximum atomic E-state index is 12.5. The van der Waals surface area contributed by atoms with Crippen molar-refractivity contribution in [3.05, 3.63) is 0 Å². The molecule has 2 amide bonds. The summed E-state index contributed by atoms with van der Waals surface area (Å²) in [7, 11) is 0. The number of hydrogen-bond acceptors (Lipinski definition) is 2. The van der Waals surface area contributed by atoms with Crippen molar-refractivity contribution in [3.63, 3.8) is 0 Å². The highest BCUT2D eigenvalue weighted by molar-refractivity contribution is 5.76. The first kappa shape index (κ1) is 16.6. The largest absolute Gasteiger partial charge is 0.481 e. The summed E-state index contributed by atoms with van der Waals surface area (Å²) in [6, 6.07) is -0.727. The zero-order chi connectivity index (χ0) is 15.3. The number of nitrogens with zero attached hydrogens (tertiary/aromatic N) is 2. The van der Waals surface area contributed by atoms with Crippen LogP contribution < -0.4 is 0 Å². The molecule has 0 aliphatic carbocycles. The van der Waals surface area contributed by atoms with Crippen LogP contribution in [0.1, 0.15) is 26.2 Å². The summed E-state index contributed by atoms with van der Waals surface area (Å²) >= 11 is 0. The van der Waals surface area contributed by atoms with Gasteiger partial charge in [-0.15, -0.1) is 0 Å². The van der Waals surface area contributed by atoms with Gasteiger partial charge in [-0.3, -0.25) is 4.79 Å². The van der Waals surface area contributed by atoms with Crippen LogP contribution in [0, 0.1) is 5.92 Å². The zero-order valence-corrected chi connectivity index (χ0v) is 11.3. The third-order valence-corrected chi connectivity index (χ3v) is 3.18. The van der Waals surface area contributed by atoms with Gasteiger partial charge in [-0.2, -0.15) is 13.2 Å². The maximum absolute atomic E-state index is 12.5. The van der Waals surface area contributed by atoms with E-state index in [1.54, 1.807) is 6.92 Å². The number of hydrogen-bond donors (Lipinski definition) is 1.